The van der Waals surface area contributed by atoms with Crippen LogP contribution in [0.15, 0.2) is 53.6 Å². The van der Waals surface area contributed by atoms with E-state index in [2.05, 4.69) is 5.32 Å². The maximum atomic E-state index is 11.8. The van der Waals surface area contributed by atoms with Gasteiger partial charge in [0.05, 0.1) is 0 Å². The van der Waals surface area contributed by atoms with E-state index in [-0.39, 0.29) is 11.3 Å². The van der Waals surface area contributed by atoms with Crippen molar-refractivity contribution in [2.75, 3.05) is 11.1 Å². The van der Waals surface area contributed by atoms with Crippen LogP contribution in [-0.2, 0) is 11.3 Å². The van der Waals surface area contributed by atoms with Gasteiger partial charge in [-0.25, -0.2) is 0 Å². The fraction of sp³-hybridized carbons (Fsp3) is 0.200. The molecule has 3 N–H and O–H groups in total. The molecule has 0 saturated carbocycles. The second-order valence-corrected chi connectivity index (χ2v) is 4.55. The number of nitrogen functional groups attached to an aromatic ring is 1. The molecular weight excluding hydrogens is 254 g/mol. The summed E-state index contributed by atoms with van der Waals surface area (Å²) in [5.41, 5.74) is 6.96. The molecule has 0 aliphatic carbocycles. The molecular formula is C15H17N3O2. The summed E-state index contributed by atoms with van der Waals surface area (Å²) < 4.78 is 1.88. The molecule has 0 fully saturated rings. The molecule has 0 aliphatic rings. The number of aryl methyl sites for hydroxylation is 1. The van der Waals surface area contributed by atoms with Crippen LogP contribution in [0.25, 0.3) is 0 Å². The molecule has 0 saturated heterocycles. The maximum Gasteiger partial charge on any atom is 0.224 e. The van der Waals surface area contributed by atoms with Crippen LogP contribution in [0.5, 0.6) is 0 Å². The molecule has 0 unspecified atom stereocenters. The second kappa shape index (κ2) is 6.56. The van der Waals surface area contributed by atoms with E-state index < -0.39 is 0 Å². The van der Waals surface area contributed by atoms with Crippen molar-refractivity contribution >= 4 is 17.3 Å². The van der Waals surface area contributed by atoms with E-state index in [0.29, 0.717) is 30.8 Å². The molecule has 0 bridgehead atoms. The lowest BCUT2D eigenvalue weighted by molar-refractivity contribution is -0.116. The van der Waals surface area contributed by atoms with Gasteiger partial charge in [0.25, 0.3) is 0 Å². The zero-order chi connectivity index (χ0) is 14.4. The van der Waals surface area contributed by atoms with Gasteiger partial charge in [0, 0.05) is 48.9 Å². The van der Waals surface area contributed by atoms with Gasteiger partial charge in [-0.05, 0) is 24.6 Å². The minimum Gasteiger partial charge on any atom is -0.399 e. The molecule has 5 heteroatoms. The summed E-state index contributed by atoms with van der Waals surface area (Å²) in [5, 5.41) is 2.80. The predicted octanol–water partition coefficient (Wildman–Crippen LogP) is 1.85. The van der Waals surface area contributed by atoms with Crippen LogP contribution in [0.4, 0.5) is 11.4 Å². The lowest BCUT2D eigenvalue weighted by atomic mass is 10.2. The average Bonchev–Trinajstić information content (AvgIpc) is 2.41. The number of benzene rings is 1. The number of anilines is 2. The highest BCUT2D eigenvalue weighted by Gasteiger charge is 2.02. The number of nitrogens with one attached hydrogen (secondary N) is 1. The smallest absolute Gasteiger partial charge is 0.224 e. The van der Waals surface area contributed by atoms with Gasteiger partial charge in [0.1, 0.15) is 0 Å². The van der Waals surface area contributed by atoms with Crippen molar-refractivity contribution in [2.45, 2.75) is 19.4 Å². The Morgan fingerprint density at radius 3 is 2.65 bits per heavy atom. The molecule has 0 radical (unpaired) electrons. The molecule has 104 valence electrons. The van der Waals surface area contributed by atoms with E-state index in [0.717, 1.165) is 0 Å². The predicted molar refractivity (Wildman–Crippen MR) is 79.4 cm³/mol. The van der Waals surface area contributed by atoms with Crippen LogP contribution >= 0.6 is 0 Å². The number of pyridine rings is 1. The molecule has 1 heterocycles. The Morgan fingerprint density at radius 2 is 1.95 bits per heavy atom. The minimum atomic E-state index is -0.0448. The Labute approximate surface area is 117 Å². The standard InChI is InChI=1S/C15H17N3O2/c16-12-3-1-4-13(11-12)17-15(20)5-2-8-18-9-6-14(19)7-10-18/h1,3-4,6-7,9-11H,2,5,8,16H2,(H,17,20). The van der Waals surface area contributed by atoms with Gasteiger partial charge in [-0.3, -0.25) is 9.59 Å². The lowest BCUT2D eigenvalue weighted by Crippen LogP contribution is -2.13. The van der Waals surface area contributed by atoms with Crippen molar-refractivity contribution in [1.29, 1.82) is 0 Å². The Balaban J connectivity index is 1.78. The molecule has 0 spiro atoms. The minimum absolute atomic E-state index is 0.0133. The van der Waals surface area contributed by atoms with E-state index in [1.165, 1.54) is 12.1 Å². The third-order valence-electron chi connectivity index (χ3n) is 2.85. The number of nitrogens with two attached hydrogens (primary N) is 1. The molecule has 5 nitrogen and oxygen atoms in total. The van der Waals surface area contributed by atoms with Gasteiger partial charge in [-0.1, -0.05) is 6.07 Å². The topological polar surface area (TPSA) is 77.1 Å². The monoisotopic (exact) mass is 271 g/mol. The van der Waals surface area contributed by atoms with Gasteiger partial charge in [-0.15, -0.1) is 0 Å². The highest BCUT2D eigenvalue weighted by molar-refractivity contribution is 5.91. The Hall–Kier alpha value is -2.56. The molecule has 1 amide bonds. The van der Waals surface area contributed by atoms with Crippen LogP contribution < -0.4 is 16.5 Å². The molecule has 0 atom stereocenters. The van der Waals surface area contributed by atoms with E-state index in [1.54, 1.807) is 36.7 Å². The van der Waals surface area contributed by atoms with E-state index in [9.17, 15) is 9.59 Å². The number of hydrogen-bond acceptors (Lipinski definition) is 3. The first-order chi connectivity index (χ1) is 9.63. The highest BCUT2D eigenvalue weighted by Crippen LogP contribution is 2.12. The van der Waals surface area contributed by atoms with Gasteiger partial charge in [0.2, 0.25) is 5.91 Å². The molecule has 1 aromatic heterocycles. The first-order valence-corrected chi connectivity index (χ1v) is 6.45. The third-order valence-corrected chi connectivity index (χ3v) is 2.85. The SMILES string of the molecule is Nc1cccc(NC(=O)CCCn2ccc(=O)cc2)c1. The quantitative estimate of drug-likeness (QED) is 0.815. The summed E-state index contributed by atoms with van der Waals surface area (Å²) in [4.78, 5) is 22.7. The van der Waals surface area contributed by atoms with E-state index in [1.807, 2.05) is 4.57 Å². The fourth-order valence-corrected chi connectivity index (χ4v) is 1.85. The first kappa shape index (κ1) is 13.9. The second-order valence-electron chi connectivity index (χ2n) is 4.55. The van der Waals surface area contributed by atoms with Crippen molar-refractivity contribution in [3.8, 4) is 0 Å². The Morgan fingerprint density at radius 1 is 1.20 bits per heavy atom. The van der Waals surface area contributed by atoms with Crippen LogP contribution in [0.2, 0.25) is 0 Å². The maximum absolute atomic E-state index is 11.8. The number of nitrogens with zero attached hydrogens (tertiary/aromatic N) is 1. The molecule has 0 aliphatic heterocycles. The third kappa shape index (κ3) is 4.28. The summed E-state index contributed by atoms with van der Waals surface area (Å²) >= 11 is 0. The summed E-state index contributed by atoms with van der Waals surface area (Å²) in [6, 6.07) is 10.1. The largest absolute Gasteiger partial charge is 0.399 e. The van der Waals surface area contributed by atoms with E-state index in [4.69, 9.17) is 5.73 Å². The Kier molecular flexibility index (Phi) is 4.55. The van der Waals surface area contributed by atoms with Crippen molar-refractivity contribution < 1.29 is 4.79 Å². The van der Waals surface area contributed by atoms with Gasteiger partial charge < -0.3 is 15.6 Å². The fourth-order valence-electron chi connectivity index (χ4n) is 1.85. The Bertz CT molecular complexity index is 629. The van der Waals surface area contributed by atoms with Crippen LogP contribution in [0.3, 0.4) is 0 Å². The molecule has 1 aromatic carbocycles. The number of hydrogen-bond donors (Lipinski definition) is 2. The number of amides is 1. The van der Waals surface area contributed by atoms with Gasteiger partial charge in [0.15, 0.2) is 5.43 Å². The van der Waals surface area contributed by atoms with Crippen molar-refractivity contribution in [1.82, 2.24) is 4.57 Å². The van der Waals surface area contributed by atoms with Crippen LogP contribution in [-0.4, -0.2) is 10.5 Å². The normalized spacial score (nSPS) is 10.2. The molecule has 2 aromatic rings. The van der Waals surface area contributed by atoms with Crippen molar-refractivity contribution in [3.63, 3.8) is 0 Å². The zero-order valence-electron chi connectivity index (χ0n) is 11.1. The summed E-state index contributed by atoms with van der Waals surface area (Å²) in [6.45, 7) is 0.699. The first-order valence-electron chi connectivity index (χ1n) is 6.45. The summed E-state index contributed by atoms with van der Waals surface area (Å²) in [7, 11) is 0. The number of carbonyl (C=O) groups is 1. The van der Waals surface area contributed by atoms with Crippen molar-refractivity contribution in [2.24, 2.45) is 0 Å². The zero-order valence-corrected chi connectivity index (χ0v) is 11.1. The molecule has 20 heavy (non-hydrogen) atoms. The lowest BCUT2D eigenvalue weighted by Gasteiger charge is -2.07. The number of aromatic nitrogens is 1. The van der Waals surface area contributed by atoms with Crippen molar-refractivity contribution in [3.05, 3.63) is 59.0 Å². The summed E-state index contributed by atoms with van der Waals surface area (Å²) in [6.07, 6.45) is 4.56. The summed E-state index contributed by atoms with van der Waals surface area (Å²) in [5.74, 6) is -0.0448. The van der Waals surface area contributed by atoms with Crippen LogP contribution in [0, 0.1) is 0 Å². The number of rotatable bonds is 5. The number of carbonyl (C=O) groups excluding carboxylic acids is 1. The van der Waals surface area contributed by atoms with Crippen LogP contribution in [0.1, 0.15) is 12.8 Å². The molecule has 2 rings (SSSR count). The van der Waals surface area contributed by atoms with E-state index >= 15 is 0 Å². The average molecular weight is 271 g/mol. The van der Waals surface area contributed by atoms with Gasteiger partial charge >= 0.3 is 0 Å². The van der Waals surface area contributed by atoms with Gasteiger partial charge in [-0.2, -0.15) is 0 Å². The highest BCUT2D eigenvalue weighted by atomic mass is 16.1.